The van der Waals surface area contributed by atoms with Crippen LogP contribution in [0, 0.1) is 5.92 Å². The van der Waals surface area contributed by atoms with Gasteiger partial charge < -0.3 is 14.2 Å². The molecule has 0 unspecified atom stereocenters. The van der Waals surface area contributed by atoms with Crippen LogP contribution in [-0.2, 0) is 28.6 Å². The molecule has 0 rings (SSSR count). The largest absolute Gasteiger partial charge is 0.462 e. The standard InChI is InChI=1S/C58H112O6/c1-5-7-9-11-13-15-17-19-20-21-22-23-25-30-34-38-42-46-50-57(60)63-53-55(52-62-56(59)49-45-41-37-33-29-24-18-16-14-12-10-8-6-2)64-58(61)51-47-43-39-35-31-27-26-28-32-36-40-44-48-54(3)4/h54-55H,5-53H2,1-4H3/t55-/m0/s1. The summed E-state index contributed by atoms with van der Waals surface area (Å²) in [5.41, 5.74) is 0. The van der Waals surface area contributed by atoms with Crippen molar-refractivity contribution in [2.45, 2.75) is 336 Å². The topological polar surface area (TPSA) is 78.9 Å². The maximum absolute atomic E-state index is 12.8. The molecule has 0 saturated carbocycles. The summed E-state index contributed by atoms with van der Waals surface area (Å²) in [6.45, 7) is 9.06. The fourth-order valence-electron chi connectivity index (χ4n) is 8.92. The number of unbranched alkanes of at least 4 members (excludes halogenated alkanes) is 40. The van der Waals surface area contributed by atoms with Gasteiger partial charge in [-0.25, -0.2) is 0 Å². The summed E-state index contributed by atoms with van der Waals surface area (Å²) < 4.78 is 16.9. The molecule has 0 bridgehead atoms. The van der Waals surface area contributed by atoms with Crippen LogP contribution < -0.4 is 0 Å². The second-order valence-electron chi connectivity index (χ2n) is 20.4. The number of esters is 3. The van der Waals surface area contributed by atoms with Crippen LogP contribution in [0.2, 0.25) is 0 Å². The third-order valence-corrected chi connectivity index (χ3v) is 13.3. The Balaban J connectivity index is 4.28. The molecule has 0 fully saturated rings. The fraction of sp³-hybridized carbons (Fsp3) is 0.948. The molecule has 0 aromatic rings. The third-order valence-electron chi connectivity index (χ3n) is 13.3. The van der Waals surface area contributed by atoms with Gasteiger partial charge in [0.1, 0.15) is 13.2 Å². The predicted molar refractivity (Wildman–Crippen MR) is 275 cm³/mol. The van der Waals surface area contributed by atoms with Crippen LogP contribution in [0.4, 0.5) is 0 Å². The van der Waals surface area contributed by atoms with E-state index in [1.165, 1.54) is 225 Å². The molecular weight excluding hydrogens is 793 g/mol. The maximum Gasteiger partial charge on any atom is 0.306 e. The zero-order valence-electron chi connectivity index (χ0n) is 43.8. The summed E-state index contributed by atoms with van der Waals surface area (Å²) in [6, 6.07) is 0. The molecule has 6 heteroatoms. The van der Waals surface area contributed by atoms with Gasteiger partial charge in [-0.3, -0.25) is 14.4 Å². The molecule has 0 N–H and O–H groups in total. The zero-order chi connectivity index (χ0) is 46.7. The highest BCUT2D eigenvalue weighted by Gasteiger charge is 2.19. The van der Waals surface area contributed by atoms with E-state index in [1.54, 1.807) is 0 Å². The van der Waals surface area contributed by atoms with E-state index in [9.17, 15) is 14.4 Å². The predicted octanol–water partition coefficient (Wildman–Crippen LogP) is 19.0. The Morgan fingerprint density at radius 3 is 0.766 bits per heavy atom. The third kappa shape index (κ3) is 51.4. The van der Waals surface area contributed by atoms with Crippen molar-refractivity contribution in [1.29, 1.82) is 0 Å². The molecule has 64 heavy (non-hydrogen) atoms. The smallest absolute Gasteiger partial charge is 0.306 e. The lowest BCUT2D eigenvalue weighted by Crippen LogP contribution is -2.30. The van der Waals surface area contributed by atoms with Crippen molar-refractivity contribution in [3.63, 3.8) is 0 Å². The molecule has 0 aliphatic carbocycles. The molecule has 380 valence electrons. The van der Waals surface area contributed by atoms with E-state index in [2.05, 4.69) is 27.7 Å². The molecule has 0 aliphatic rings. The number of ether oxygens (including phenoxy) is 3. The van der Waals surface area contributed by atoms with E-state index >= 15 is 0 Å². The first kappa shape index (κ1) is 62.4. The Hall–Kier alpha value is -1.59. The van der Waals surface area contributed by atoms with E-state index in [1.807, 2.05) is 0 Å². The Kier molecular flexibility index (Phi) is 51.1. The minimum absolute atomic E-state index is 0.0619. The average molecular weight is 906 g/mol. The zero-order valence-corrected chi connectivity index (χ0v) is 43.8. The molecule has 1 atom stereocenters. The van der Waals surface area contributed by atoms with Crippen molar-refractivity contribution in [2.75, 3.05) is 13.2 Å². The van der Waals surface area contributed by atoms with Crippen molar-refractivity contribution in [3.05, 3.63) is 0 Å². The summed E-state index contributed by atoms with van der Waals surface area (Å²) in [7, 11) is 0. The first-order chi connectivity index (χ1) is 31.4. The van der Waals surface area contributed by atoms with Gasteiger partial charge >= 0.3 is 17.9 Å². The van der Waals surface area contributed by atoms with Gasteiger partial charge in [-0.05, 0) is 25.2 Å². The molecule has 0 heterocycles. The van der Waals surface area contributed by atoms with Crippen LogP contribution in [0.1, 0.15) is 329 Å². The van der Waals surface area contributed by atoms with Gasteiger partial charge in [0.15, 0.2) is 6.10 Å². The van der Waals surface area contributed by atoms with Gasteiger partial charge in [0.2, 0.25) is 0 Å². The first-order valence-electron chi connectivity index (χ1n) is 28.9. The molecule has 0 saturated heterocycles. The van der Waals surface area contributed by atoms with Gasteiger partial charge in [0.05, 0.1) is 0 Å². The monoisotopic (exact) mass is 905 g/mol. The second kappa shape index (κ2) is 52.4. The Labute approximate surface area is 399 Å². The van der Waals surface area contributed by atoms with Crippen molar-refractivity contribution < 1.29 is 28.6 Å². The van der Waals surface area contributed by atoms with Gasteiger partial charge in [0.25, 0.3) is 0 Å². The quantitative estimate of drug-likeness (QED) is 0.0344. The maximum atomic E-state index is 12.8. The number of hydrogen-bond acceptors (Lipinski definition) is 6. The van der Waals surface area contributed by atoms with Crippen molar-refractivity contribution in [1.82, 2.24) is 0 Å². The summed E-state index contributed by atoms with van der Waals surface area (Å²) in [4.78, 5) is 38.1. The van der Waals surface area contributed by atoms with Crippen molar-refractivity contribution in [2.24, 2.45) is 5.92 Å². The molecular formula is C58H112O6. The van der Waals surface area contributed by atoms with Crippen LogP contribution in [0.25, 0.3) is 0 Å². The lowest BCUT2D eigenvalue weighted by molar-refractivity contribution is -0.167. The van der Waals surface area contributed by atoms with Crippen LogP contribution in [0.5, 0.6) is 0 Å². The number of hydrogen-bond donors (Lipinski definition) is 0. The van der Waals surface area contributed by atoms with Crippen LogP contribution in [0.3, 0.4) is 0 Å². The van der Waals surface area contributed by atoms with E-state index in [0.717, 1.165) is 63.7 Å². The molecule has 0 aromatic carbocycles. The number of rotatable bonds is 53. The number of carbonyl (C=O) groups is 3. The molecule has 6 nitrogen and oxygen atoms in total. The molecule has 0 aliphatic heterocycles. The van der Waals surface area contributed by atoms with E-state index in [0.29, 0.717) is 19.3 Å². The Morgan fingerprint density at radius 2 is 0.516 bits per heavy atom. The van der Waals surface area contributed by atoms with E-state index in [-0.39, 0.29) is 31.1 Å². The normalized spacial score (nSPS) is 12.0. The van der Waals surface area contributed by atoms with Gasteiger partial charge in [-0.15, -0.1) is 0 Å². The van der Waals surface area contributed by atoms with Gasteiger partial charge in [-0.2, -0.15) is 0 Å². The first-order valence-corrected chi connectivity index (χ1v) is 28.9. The van der Waals surface area contributed by atoms with Crippen LogP contribution in [-0.4, -0.2) is 37.2 Å². The highest BCUT2D eigenvalue weighted by atomic mass is 16.6. The molecule has 0 amide bonds. The lowest BCUT2D eigenvalue weighted by atomic mass is 10.0. The van der Waals surface area contributed by atoms with E-state index in [4.69, 9.17) is 14.2 Å². The SMILES string of the molecule is CCCCCCCCCCCCCCCCCCCCC(=O)OC[C@H](COC(=O)CCCCCCCCCCCCCCC)OC(=O)CCCCCCCCCCCCCCC(C)C. The van der Waals surface area contributed by atoms with Crippen molar-refractivity contribution in [3.8, 4) is 0 Å². The minimum Gasteiger partial charge on any atom is -0.462 e. The van der Waals surface area contributed by atoms with Gasteiger partial charge in [0, 0.05) is 19.3 Å². The lowest BCUT2D eigenvalue weighted by Gasteiger charge is -2.18. The fourth-order valence-corrected chi connectivity index (χ4v) is 8.92. The van der Waals surface area contributed by atoms with Gasteiger partial charge in [-0.1, -0.05) is 291 Å². The molecule has 0 spiro atoms. The molecule has 0 radical (unpaired) electrons. The minimum atomic E-state index is -0.762. The molecule has 0 aromatic heterocycles. The summed E-state index contributed by atoms with van der Waals surface area (Å²) in [5, 5.41) is 0. The van der Waals surface area contributed by atoms with Crippen LogP contribution >= 0.6 is 0 Å². The average Bonchev–Trinajstić information content (AvgIpc) is 3.28. The Morgan fingerprint density at radius 1 is 0.297 bits per heavy atom. The van der Waals surface area contributed by atoms with E-state index < -0.39 is 6.10 Å². The summed E-state index contributed by atoms with van der Waals surface area (Å²) >= 11 is 0. The summed E-state index contributed by atoms with van der Waals surface area (Å²) in [5.74, 6) is -0.00383. The van der Waals surface area contributed by atoms with Crippen molar-refractivity contribution >= 4 is 17.9 Å². The summed E-state index contributed by atoms with van der Waals surface area (Å²) in [6.07, 6.45) is 56.6. The van der Waals surface area contributed by atoms with Crippen LogP contribution in [0.15, 0.2) is 0 Å². The number of carbonyl (C=O) groups excluding carboxylic acids is 3. The highest BCUT2D eigenvalue weighted by molar-refractivity contribution is 5.71. The Bertz CT molecular complexity index is 964. The second-order valence-corrected chi connectivity index (χ2v) is 20.4. The highest BCUT2D eigenvalue weighted by Crippen LogP contribution is 2.18.